The number of hydrogen-bond acceptors (Lipinski definition) is 6. The lowest BCUT2D eigenvalue weighted by molar-refractivity contribution is -0.126. The van der Waals surface area contributed by atoms with E-state index in [9.17, 15) is 13.2 Å². The van der Waals surface area contributed by atoms with Crippen LogP contribution in [0.3, 0.4) is 0 Å². The molecule has 164 valence electrons. The number of hydrogen-bond donors (Lipinski definition) is 2. The molecule has 3 heterocycles. The van der Waals surface area contributed by atoms with Crippen LogP contribution < -0.4 is 10.1 Å². The SMILES string of the molecule is COc1ccc(CNC(=O)[C@H]2CCCN(S(=O)(=O)c3ccc(-c4ccn[nH]4)o3)C2)cc1. The summed E-state index contributed by atoms with van der Waals surface area (Å²) in [4.78, 5) is 12.7. The minimum absolute atomic E-state index is 0.122. The zero-order valence-electron chi connectivity index (χ0n) is 17.1. The van der Waals surface area contributed by atoms with Crippen molar-refractivity contribution >= 4 is 15.9 Å². The van der Waals surface area contributed by atoms with Gasteiger partial charge in [0, 0.05) is 25.8 Å². The van der Waals surface area contributed by atoms with Gasteiger partial charge in [-0.2, -0.15) is 9.40 Å². The van der Waals surface area contributed by atoms with Crippen LogP contribution in [0.4, 0.5) is 0 Å². The lowest BCUT2D eigenvalue weighted by Gasteiger charge is -2.30. The Morgan fingerprint density at radius 3 is 2.77 bits per heavy atom. The quantitative estimate of drug-likeness (QED) is 0.578. The second kappa shape index (κ2) is 8.94. The van der Waals surface area contributed by atoms with Gasteiger partial charge >= 0.3 is 0 Å². The highest BCUT2D eigenvalue weighted by Crippen LogP contribution is 2.28. The number of ether oxygens (including phenoxy) is 1. The zero-order chi connectivity index (χ0) is 21.8. The standard InChI is InChI=1S/C21H24N4O5S/c1-29-17-6-4-15(5-7-17)13-22-21(26)16-3-2-12-25(14-16)31(27,28)20-9-8-19(30-20)18-10-11-23-24-18/h4-11,16H,2-3,12-14H2,1H3,(H,22,26)(H,23,24)/t16-/m0/s1. The third kappa shape index (κ3) is 4.64. The van der Waals surface area contributed by atoms with Gasteiger partial charge in [0.1, 0.15) is 11.4 Å². The fourth-order valence-electron chi connectivity index (χ4n) is 3.58. The summed E-state index contributed by atoms with van der Waals surface area (Å²) in [5.74, 6) is 0.566. The number of nitrogens with one attached hydrogen (secondary N) is 2. The van der Waals surface area contributed by atoms with E-state index < -0.39 is 15.9 Å². The van der Waals surface area contributed by atoms with Crippen LogP contribution in [-0.4, -0.2) is 49.0 Å². The lowest BCUT2D eigenvalue weighted by Crippen LogP contribution is -2.45. The van der Waals surface area contributed by atoms with Crippen molar-refractivity contribution in [1.29, 1.82) is 0 Å². The first kappa shape index (κ1) is 21.1. The van der Waals surface area contributed by atoms with Crippen molar-refractivity contribution in [1.82, 2.24) is 19.8 Å². The molecule has 0 saturated carbocycles. The highest BCUT2D eigenvalue weighted by atomic mass is 32.2. The third-order valence-electron chi connectivity index (χ3n) is 5.32. The first-order chi connectivity index (χ1) is 15.0. The van der Waals surface area contributed by atoms with E-state index in [1.807, 2.05) is 24.3 Å². The van der Waals surface area contributed by atoms with Crippen LogP contribution in [0.2, 0.25) is 0 Å². The Bertz CT molecular complexity index is 1120. The van der Waals surface area contributed by atoms with Crippen LogP contribution in [0.5, 0.6) is 5.75 Å². The average Bonchev–Trinajstić information content (AvgIpc) is 3.50. The molecule has 0 radical (unpaired) electrons. The molecule has 1 aliphatic heterocycles. The van der Waals surface area contributed by atoms with Gasteiger partial charge in [0.2, 0.25) is 11.0 Å². The number of carbonyl (C=O) groups excluding carboxylic acids is 1. The van der Waals surface area contributed by atoms with E-state index in [0.717, 1.165) is 11.3 Å². The maximum Gasteiger partial charge on any atom is 0.276 e. The number of piperidine rings is 1. The zero-order valence-corrected chi connectivity index (χ0v) is 17.9. The van der Waals surface area contributed by atoms with Gasteiger partial charge in [0.05, 0.1) is 13.0 Å². The van der Waals surface area contributed by atoms with Crippen LogP contribution in [-0.2, 0) is 21.4 Å². The van der Waals surface area contributed by atoms with Crippen molar-refractivity contribution in [2.24, 2.45) is 5.92 Å². The van der Waals surface area contributed by atoms with Gasteiger partial charge in [-0.1, -0.05) is 12.1 Å². The molecule has 2 aromatic heterocycles. The molecular weight excluding hydrogens is 420 g/mol. The van der Waals surface area contributed by atoms with E-state index >= 15 is 0 Å². The molecular formula is C21H24N4O5S. The van der Waals surface area contributed by atoms with E-state index in [1.165, 1.54) is 10.4 Å². The van der Waals surface area contributed by atoms with Gasteiger partial charge in [-0.05, 0) is 48.7 Å². The first-order valence-corrected chi connectivity index (χ1v) is 11.4. The molecule has 1 aromatic carbocycles. The van der Waals surface area contributed by atoms with Crippen LogP contribution in [0.1, 0.15) is 18.4 Å². The number of nitrogens with zero attached hydrogens (tertiary/aromatic N) is 2. The van der Waals surface area contributed by atoms with Gasteiger partial charge in [-0.3, -0.25) is 9.89 Å². The molecule has 10 heteroatoms. The normalized spacial score (nSPS) is 17.4. The predicted octanol–water partition coefficient (Wildman–Crippen LogP) is 2.40. The Labute approximate surface area is 180 Å². The maximum atomic E-state index is 13.0. The summed E-state index contributed by atoms with van der Waals surface area (Å²) in [6, 6.07) is 12.1. The van der Waals surface area contributed by atoms with Crippen LogP contribution in [0, 0.1) is 5.92 Å². The number of amides is 1. The highest BCUT2D eigenvalue weighted by molar-refractivity contribution is 7.89. The molecule has 1 fully saturated rings. The first-order valence-electron chi connectivity index (χ1n) is 9.98. The Hall–Kier alpha value is -3.11. The van der Waals surface area contributed by atoms with Gasteiger partial charge in [-0.25, -0.2) is 8.42 Å². The molecule has 3 aromatic rings. The number of benzene rings is 1. The highest BCUT2D eigenvalue weighted by Gasteiger charge is 2.35. The molecule has 1 saturated heterocycles. The van der Waals surface area contributed by atoms with E-state index in [0.29, 0.717) is 37.4 Å². The molecule has 0 spiro atoms. The van der Waals surface area contributed by atoms with Gasteiger partial charge in [0.25, 0.3) is 10.0 Å². The number of methoxy groups -OCH3 is 1. The van der Waals surface area contributed by atoms with Crippen molar-refractivity contribution in [3.63, 3.8) is 0 Å². The molecule has 4 rings (SSSR count). The molecule has 1 atom stereocenters. The Morgan fingerprint density at radius 2 is 2.06 bits per heavy atom. The Balaban J connectivity index is 1.39. The second-order valence-electron chi connectivity index (χ2n) is 7.36. The van der Waals surface area contributed by atoms with Crippen molar-refractivity contribution in [3.8, 4) is 17.2 Å². The minimum atomic E-state index is -3.84. The van der Waals surface area contributed by atoms with Crippen LogP contribution >= 0.6 is 0 Å². The molecule has 0 bridgehead atoms. The number of aromatic amines is 1. The van der Waals surface area contributed by atoms with Gasteiger partial charge in [0.15, 0.2) is 5.76 Å². The Kier molecular flexibility index (Phi) is 6.10. The Morgan fingerprint density at radius 1 is 1.26 bits per heavy atom. The summed E-state index contributed by atoms with van der Waals surface area (Å²) in [5.41, 5.74) is 1.53. The van der Waals surface area contributed by atoms with Crippen molar-refractivity contribution < 1.29 is 22.4 Å². The van der Waals surface area contributed by atoms with E-state index in [-0.39, 0.29) is 17.5 Å². The number of H-pyrrole nitrogens is 1. The van der Waals surface area contributed by atoms with E-state index in [2.05, 4.69) is 15.5 Å². The van der Waals surface area contributed by atoms with E-state index in [4.69, 9.17) is 9.15 Å². The van der Waals surface area contributed by atoms with Crippen molar-refractivity contribution in [2.75, 3.05) is 20.2 Å². The van der Waals surface area contributed by atoms with E-state index in [1.54, 1.807) is 25.4 Å². The number of sulfonamides is 1. The average molecular weight is 445 g/mol. The second-order valence-corrected chi connectivity index (χ2v) is 9.23. The fourth-order valence-corrected chi connectivity index (χ4v) is 5.01. The number of rotatable bonds is 7. The third-order valence-corrected chi connectivity index (χ3v) is 7.06. The minimum Gasteiger partial charge on any atom is -0.497 e. The maximum absolute atomic E-state index is 13.0. The largest absolute Gasteiger partial charge is 0.497 e. The molecule has 31 heavy (non-hydrogen) atoms. The summed E-state index contributed by atoms with van der Waals surface area (Å²) < 4.78 is 38.1. The summed E-state index contributed by atoms with van der Waals surface area (Å²) in [6.07, 6.45) is 2.80. The predicted molar refractivity (Wildman–Crippen MR) is 113 cm³/mol. The number of carbonyl (C=O) groups is 1. The molecule has 0 unspecified atom stereocenters. The number of aromatic nitrogens is 2. The summed E-state index contributed by atoms with van der Waals surface area (Å²) in [6.45, 7) is 0.847. The van der Waals surface area contributed by atoms with Gasteiger partial charge in [-0.15, -0.1) is 0 Å². The van der Waals surface area contributed by atoms with Crippen molar-refractivity contribution in [2.45, 2.75) is 24.5 Å². The van der Waals surface area contributed by atoms with Gasteiger partial charge < -0.3 is 14.5 Å². The summed E-state index contributed by atoms with van der Waals surface area (Å²) in [5, 5.41) is 9.35. The smallest absolute Gasteiger partial charge is 0.276 e. The van der Waals surface area contributed by atoms with Crippen LogP contribution in [0.25, 0.3) is 11.5 Å². The lowest BCUT2D eigenvalue weighted by atomic mass is 9.99. The molecule has 1 aliphatic rings. The summed E-state index contributed by atoms with van der Waals surface area (Å²) in [7, 11) is -2.24. The molecule has 0 aliphatic carbocycles. The molecule has 9 nitrogen and oxygen atoms in total. The number of furan rings is 1. The van der Waals surface area contributed by atoms with Crippen LogP contribution in [0.15, 0.2) is 58.2 Å². The fraction of sp³-hybridized carbons (Fsp3) is 0.333. The molecule has 2 N–H and O–H groups in total. The van der Waals surface area contributed by atoms with Crippen molar-refractivity contribution in [3.05, 3.63) is 54.2 Å². The summed E-state index contributed by atoms with van der Waals surface area (Å²) >= 11 is 0. The molecule has 1 amide bonds. The topological polar surface area (TPSA) is 118 Å². The monoisotopic (exact) mass is 444 g/mol.